The molecule has 0 aliphatic carbocycles. The van der Waals surface area contributed by atoms with Crippen LogP contribution in [0.4, 0.5) is 0 Å². The molecule has 0 aliphatic rings. The predicted octanol–water partition coefficient (Wildman–Crippen LogP) is 5.06. The van der Waals surface area contributed by atoms with Gasteiger partial charge in [-0.1, -0.05) is 56.2 Å². The molecule has 21 heavy (non-hydrogen) atoms. The van der Waals surface area contributed by atoms with E-state index in [1.165, 1.54) is 23.1 Å². The SMILES string of the molecule is CCC(C)Cn1c(-c2cccc(C)c2)nc2ccccc21. The fraction of sp³-hybridized carbons (Fsp3) is 0.316. The smallest absolute Gasteiger partial charge is 0.141 e. The van der Waals surface area contributed by atoms with Crippen molar-refractivity contribution < 1.29 is 0 Å². The molecule has 3 rings (SSSR count). The molecule has 1 unspecified atom stereocenters. The van der Waals surface area contributed by atoms with Gasteiger partial charge in [-0.05, 0) is 31.0 Å². The van der Waals surface area contributed by atoms with Crippen LogP contribution < -0.4 is 0 Å². The molecule has 3 aromatic rings. The van der Waals surface area contributed by atoms with Crippen LogP contribution in [0.3, 0.4) is 0 Å². The first kappa shape index (κ1) is 13.9. The molecule has 2 heteroatoms. The summed E-state index contributed by atoms with van der Waals surface area (Å²) >= 11 is 0. The number of fused-ring (bicyclic) bond motifs is 1. The van der Waals surface area contributed by atoms with E-state index in [1.54, 1.807) is 0 Å². The Labute approximate surface area is 126 Å². The maximum Gasteiger partial charge on any atom is 0.141 e. The van der Waals surface area contributed by atoms with Gasteiger partial charge in [-0.3, -0.25) is 0 Å². The van der Waals surface area contributed by atoms with Crippen LogP contribution in [0.2, 0.25) is 0 Å². The Morgan fingerprint density at radius 3 is 2.67 bits per heavy atom. The van der Waals surface area contributed by atoms with Crippen LogP contribution in [0, 0.1) is 12.8 Å². The maximum atomic E-state index is 4.87. The Hall–Kier alpha value is -2.09. The van der Waals surface area contributed by atoms with Crippen molar-refractivity contribution in [3.8, 4) is 11.4 Å². The fourth-order valence-corrected chi connectivity index (χ4v) is 2.71. The minimum atomic E-state index is 0.645. The van der Waals surface area contributed by atoms with Crippen molar-refractivity contribution >= 4 is 11.0 Å². The minimum absolute atomic E-state index is 0.645. The van der Waals surface area contributed by atoms with Gasteiger partial charge in [-0.25, -0.2) is 4.98 Å². The zero-order valence-electron chi connectivity index (χ0n) is 13.0. The van der Waals surface area contributed by atoms with Crippen LogP contribution in [0.25, 0.3) is 22.4 Å². The van der Waals surface area contributed by atoms with Gasteiger partial charge in [0.25, 0.3) is 0 Å². The fourth-order valence-electron chi connectivity index (χ4n) is 2.71. The molecule has 0 amide bonds. The molecular weight excluding hydrogens is 256 g/mol. The largest absolute Gasteiger partial charge is 0.324 e. The third-order valence-corrected chi connectivity index (χ3v) is 4.12. The molecule has 0 radical (unpaired) electrons. The first-order valence-electron chi connectivity index (χ1n) is 7.71. The second kappa shape index (κ2) is 5.72. The van der Waals surface area contributed by atoms with Gasteiger partial charge < -0.3 is 4.57 Å². The lowest BCUT2D eigenvalue weighted by Crippen LogP contribution is -2.08. The van der Waals surface area contributed by atoms with Crippen molar-refractivity contribution in [1.29, 1.82) is 0 Å². The zero-order chi connectivity index (χ0) is 14.8. The Morgan fingerprint density at radius 2 is 1.90 bits per heavy atom. The Morgan fingerprint density at radius 1 is 1.10 bits per heavy atom. The van der Waals surface area contributed by atoms with E-state index in [0.717, 1.165) is 17.9 Å². The number of para-hydroxylation sites is 2. The third-order valence-electron chi connectivity index (χ3n) is 4.12. The topological polar surface area (TPSA) is 17.8 Å². The van der Waals surface area contributed by atoms with Crippen molar-refractivity contribution in [3.05, 3.63) is 54.1 Å². The lowest BCUT2D eigenvalue weighted by atomic mass is 10.1. The van der Waals surface area contributed by atoms with Gasteiger partial charge >= 0.3 is 0 Å². The number of aromatic nitrogens is 2. The number of imidazole rings is 1. The maximum absolute atomic E-state index is 4.87. The van der Waals surface area contributed by atoms with Gasteiger partial charge in [0.1, 0.15) is 5.82 Å². The predicted molar refractivity (Wildman–Crippen MR) is 89.4 cm³/mol. The van der Waals surface area contributed by atoms with Gasteiger partial charge in [0, 0.05) is 12.1 Å². The number of aryl methyl sites for hydroxylation is 1. The molecule has 0 N–H and O–H groups in total. The molecule has 1 atom stereocenters. The summed E-state index contributed by atoms with van der Waals surface area (Å²) in [5, 5.41) is 0. The van der Waals surface area contributed by atoms with Crippen LogP contribution in [0.1, 0.15) is 25.8 Å². The molecule has 0 fully saturated rings. The summed E-state index contributed by atoms with van der Waals surface area (Å²) < 4.78 is 2.37. The number of hydrogen-bond donors (Lipinski definition) is 0. The monoisotopic (exact) mass is 278 g/mol. The highest BCUT2D eigenvalue weighted by Gasteiger charge is 2.14. The zero-order valence-corrected chi connectivity index (χ0v) is 13.0. The van der Waals surface area contributed by atoms with Crippen molar-refractivity contribution in [2.45, 2.75) is 33.7 Å². The van der Waals surface area contributed by atoms with E-state index in [9.17, 15) is 0 Å². The molecule has 2 nitrogen and oxygen atoms in total. The van der Waals surface area contributed by atoms with Gasteiger partial charge in [-0.15, -0.1) is 0 Å². The lowest BCUT2D eigenvalue weighted by molar-refractivity contribution is 0.478. The standard InChI is InChI=1S/C19H22N2/c1-4-14(2)13-21-18-11-6-5-10-17(18)20-19(21)16-9-7-8-15(3)12-16/h5-12,14H,4,13H2,1-3H3. The first-order chi connectivity index (χ1) is 10.2. The van der Waals surface area contributed by atoms with Gasteiger partial charge in [0.05, 0.1) is 11.0 Å². The molecule has 108 valence electrons. The second-order valence-corrected chi connectivity index (χ2v) is 5.92. The van der Waals surface area contributed by atoms with E-state index < -0.39 is 0 Å². The quantitative estimate of drug-likeness (QED) is 0.652. The van der Waals surface area contributed by atoms with Crippen molar-refractivity contribution in [2.24, 2.45) is 5.92 Å². The Bertz CT molecular complexity index is 755. The molecule has 0 saturated heterocycles. The molecule has 0 saturated carbocycles. The van der Waals surface area contributed by atoms with E-state index in [2.05, 4.69) is 73.9 Å². The minimum Gasteiger partial charge on any atom is -0.324 e. The molecule has 1 aromatic heterocycles. The number of nitrogens with zero attached hydrogens (tertiary/aromatic N) is 2. The Balaban J connectivity index is 2.18. The average molecular weight is 278 g/mol. The normalized spacial score (nSPS) is 12.7. The van der Waals surface area contributed by atoms with Crippen LogP contribution >= 0.6 is 0 Å². The molecule has 0 aliphatic heterocycles. The van der Waals surface area contributed by atoms with E-state index in [-0.39, 0.29) is 0 Å². The summed E-state index contributed by atoms with van der Waals surface area (Å²) in [5.41, 5.74) is 4.79. The van der Waals surface area contributed by atoms with Crippen LogP contribution in [-0.4, -0.2) is 9.55 Å². The number of benzene rings is 2. The summed E-state index contributed by atoms with van der Waals surface area (Å²) in [7, 11) is 0. The molecule has 0 spiro atoms. The summed E-state index contributed by atoms with van der Waals surface area (Å²) in [4.78, 5) is 4.87. The molecule has 1 heterocycles. The van der Waals surface area contributed by atoms with Crippen molar-refractivity contribution in [3.63, 3.8) is 0 Å². The van der Waals surface area contributed by atoms with E-state index >= 15 is 0 Å². The average Bonchev–Trinajstić information content (AvgIpc) is 2.86. The highest BCUT2D eigenvalue weighted by Crippen LogP contribution is 2.26. The second-order valence-electron chi connectivity index (χ2n) is 5.92. The number of rotatable bonds is 4. The summed E-state index contributed by atoms with van der Waals surface area (Å²) in [6.45, 7) is 7.69. The van der Waals surface area contributed by atoms with E-state index in [1.807, 2.05) is 0 Å². The number of hydrogen-bond acceptors (Lipinski definition) is 1. The third kappa shape index (κ3) is 2.71. The lowest BCUT2D eigenvalue weighted by Gasteiger charge is -2.14. The van der Waals surface area contributed by atoms with Crippen LogP contribution in [0.5, 0.6) is 0 Å². The highest BCUT2D eigenvalue weighted by atomic mass is 15.1. The first-order valence-corrected chi connectivity index (χ1v) is 7.71. The van der Waals surface area contributed by atoms with Gasteiger partial charge in [0.2, 0.25) is 0 Å². The van der Waals surface area contributed by atoms with Crippen molar-refractivity contribution in [1.82, 2.24) is 9.55 Å². The van der Waals surface area contributed by atoms with Gasteiger partial charge in [0.15, 0.2) is 0 Å². The van der Waals surface area contributed by atoms with Crippen LogP contribution in [0.15, 0.2) is 48.5 Å². The molecular formula is C19H22N2. The Kier molecular flexibility index (Phi) is 3.78. The van der Waals surface area contributed by atoms with E-state index in [0.29, 0.717) is 5.92 Å². The summed E-state index contributed by atoms with van der Waals surface area (Å²) in [5.74, 6) is 1.73. The summed E-state index contributed by atoms with van der Waals surface area (Å²) in [6.07, 6.45) is 1.18. The van der Waals surface area contributed by atoms with E-state index in [4.69, 9.17) is 4.98 Å². The molecule has 2 aromatic carbocycles. The van der Waals surface area contributed by atoms with Crippen molar-refractivity contribution in [2.75, 3.05) is 0 Å². The van der Waals surface area contributed by atoms with Crippen LogP contribution in [-0.2, 0) is 6.54 Å². The molecule has 0 bridgehead atoms. The highest BCUT2D eigenvalue weighted by molar-refractivity contribution is 5.80. The summed E-state index contributed by atoms with van der Waals surface area (Å²) in [6, 6.07) is 17.0. The van der Waals surface area contributed by atoms with Gasteiger partial charge in [-0.2, -0.15) is 0 Å².